The van der Waals surface area contributed by atoms with Gasteiger partial charge in [-0.2, -0.15) is 0 Å². The molecule has 1 N–H and O–H groups in total. The second-order valence-electron chi connectivity index (χ2n) is 5.45. The minimum Gasteiger partial charge on any atom is -0.491 e. The Labute approximate surface area is 132 Å². The van der Waals surface area contributed by atoms with Crippen LogP contribution < -0.4 is 10.1 Å². The molecule has 0 aliphatic heterocycles. The molecule has 0 bridgehead atoms. The fourth-order valence-electron chi connectivity index (χ4n) is 2.10. The summed E-state index contributed by atoms with van der Waals surface area (Å²) >= 11 is 0. The Kier molecular flexibility index (Phi) is 5.59. The van der Waals surface area contributed by atoms with E-state index >= 15 is 0 Å². The molecule has 1 amide bonds. The highest BCUT2D eigenvalue weighted by molar-refractivity contribution is 6.05. The Bertz CT molecular complexity index is 650. The number of unbranched alkanes of at least 4 members (excludes halogenated alkanes) is 1. The summed E-state index contributed by atoms with van der Waals surface area (Å²) in [6.45, 7) is 6.82. The lowest BCUT2D eigenvalue weighted by Crippen LogP contribution is -2.13. The SMILES string of the molecule is CCCCOc1ccccc1NC(=O)c1ccc(C)c(C)c1. The number of carbonyl (C=O) groups is 1. The third-order valence-corrected chi connectivity index (χ3v) is 3.66. The minimum absolute atomic E-state index is 0.116. The average Bonchev–Trinajstić information content (AvgIpc) is 2.52. The van der Waals surface area contributed by atoms with E-state index in [1.165, 1.54) is 5.56 Å². The number of hydrogen-bond acceptors (Lipinski definition) is 2. The fraction of sp³-hybridized carbons (Fsp3) is 0.316. The van der Waals surface area contributed by atoms with E-state index in [0.29, 0.717) is 23.6 Å². The van der Waals surface area contributed by atoms with E-state index in [9.17, 15) is 4.79 Å². The Morgan fingerprint density at radius 1 is 1.09 bits per heavy atom. The van der Waals surface area contributed by atoms with Crippen LogP contribution in [-0.2, 0) is 0 Å². The first-order valence-corrected chi connectivity index (χ1v) is 7.72. The maximum atomic E-state index is 12.4. The summed E-state index contributed by atoms with van der Waals surface area (Å²) in [6.07, 6.45) is 2.08. The van der Waals surface area contributed by atoms with Crippen LogP contribution in [0.1, 0.15) is 41.3 Å². The van der Waals surface area contributed by atoms with E-state index in [1.807, 2.05) is 56.3 Å². The van der Waals surface area contributed by atoms with Crippen molar-refractivity contribution in [1.29, 1.82) is 0 Å². The highest BCUT2D eigenvalue weighted by atomic mass is 16.5. The lowest BCUT2D eigenvalue weighted by Gasteiger charge is -2.12. The molecule has 2 aromatic carbocycles. The number of rotatable bonds is 6. The molecular weight excluding hydrogens is 274 g/mol. The Hall–Kier alpha value is -2.29. The molecule has 22 heavy (non-hydrogen) atoms. The number of benzene rings is 2. The van der Waals surface area contributed by atoms with Crippen LogP contribution >= 0.6 is 0 Å². The average molecular weight is 297 g/mol. The van der Waals surface area contributed by atoms with Crippen molar-refractivity contribution in [3.63, 3.8) is 0 Å². The first-order chi connectivity index (χ1) is 10.6. The van der Waals surface area contributed by atoms with E-state index < -0.39 is 0 Å². The van der Waals surface area contributed by atoms with E-state index in [1.54, 1.807) is 0 Å². The lowest BCUT2D eigenvalue weighted by molar-refractivity contribution is 0.102. The summed E-state index contributed by atoms with van der Waals surface area (Å²) < 4.78 is 5.74. The molecule has 2 aromatic rings. The van der Waals surface area contributed by atoms with Gasteiger partial charge < -0.3 is 10.1 Å². The van der Waals surface area contributed by atoms with Crippen molar-refractivity contribution in [2.24, 2.45) is 0 Å². The maximum Gasteiger partial charge on any atom is 0.255 e. The molecule has 0 aliphatic rings. The first-order valence-electron chi connectivity index (χ1n) is 7.72. The van der Waals surface area contributed by atoms with Gasteiger partial charge in [-0.1, -0.05) is 31.5 Å². The molecule has 0 heterocycles. The Morgan fingerprint density at radius 2 is 1.86 bits per heavy atom. The monoisotopic (exact) mass is 297 g/mol. The number of hydrogen-bond donors (Lipinski definition) is 1. The molecule has 2 rings (SSSR count). The molecule has 0 fully saturated rings. The number of nitrogens with one attached hydrogen (secondary N) is 1. The highest BCUT2D eigenvalue weighted by Gasteiger charge is 2.10. The summed E-state index contributed by atoms with van der Waals surface area (Å²) in [4.78, 5) is 12.4. The number of amides is 1. The standard InChI is InChI=1S/C19H23NO2/c1-4-5-12-22-18-9-7-6-8-17(18)20-19(21)16-11-10-14(2)15(3)13-16/h6-11,13H,4-5,12H2,1-3H3,(H,20,21). The zero-order valence-corrected chi connectivity index (χ0v) is 13.5. The van der Waals surface area contributed by atoms with Gasteiger partial charge in [-0.05, 0) is 55.7 Å². The Morgan fingerprint density at radius 3 is 2.59 bits per heavy atom. The molecule has 3 nitrogen and oxygen atoms in total. The van der Waals surface area contributed by atoms with Crippen molar-refractivity contribution in [3.05, 3.63) is 59.2 Å². The smallest absolute Gasteiger partial charge is 0.255 e. The predicted octanol–water partition coefficient (Wildman–Crippen LogP) is 4.73. The van der Waals surface area contributed by atoms with Crippen LogP contribution in [0.3, 0.4) is 0 Å². The van der Waals surface area contributed by atoms with Crippen molar-refractivity contribution < 1.29 is 9.53 Å². The van der Waals surface area contributed by atoms with Crippen LogP contribution in [0.25, 0.3) is 0 Å². The fourth-order valence-corrected chi connectivity index (χ4v) is 2.10. The molecule has 0 aliphatic carbocycles. The van der Waals surface area contributed by atoms with Crippen LogP contribution in [0.4, 0.5) is 5.69 Å². The van der Waals surface area contributed by atoms with E-state index in [0.717, 1.165) is 18.4 Å². The number of anilines is 1. The number of para-hydroxylation sites is 2. The first kappa shape index (κ1) is 16.1. The molecule has 0 spiro atoms. The molecular formula is C19H23NO2. The molecule has 0 atom stereocenters. The normalized spacial score (nSPS) is 10.3. The second-order valence-corrected chi connectivity index (χ2v) is 5.45. The summed E-state index contributed by atoms with van der Waals surface area (Å²) in [5, 5.41) is 2.94. The van der Waals surface area contributed by atoms with Crippen molar-refractivity contribution in [3.8, 4) is 5.75 Å². The van der Waals surface area contributed by atoms with Crippen molar-refractivity contribution in [2.75, 3.05) is 11.9 Å². The van der Waals surface area contributed by atoms with E-state index in [4.69, 9.17) is 4.74 Å². The highest BCUT2D eigenvalue weighted by Crippen LogP contribution is 2.25. The zero-order valence-electron chi connectivity index (χ0n) is 13.5. The third-order valence-electron chi connectivity index (χ3n) is 3.66. The summed E-state index contributed by atoms with van der Waals surface area (Å²) in [5.41, 5.74) is 3.66. The van der Waals surface area contributed by atoms with Gasteiger partial charge in [0.25, 0.3) is 5.91 Å². The van der Waals surface area contributed by atoms with Gasteiger partial charge in [0.15, 0.2) is 0 Å². The predicted molar refractivity (Wildman–Crippen MR) is 90.7 cm³/mol. The van der Waals surface area contributed by atoms with Gasteiger partial charge >= 0.3 is 0 Å². The van der Waals surface area contributed by atoms with Gasteiger partial charge in [0.2, 0.25) is 0 Å². The third kappa shape index (κ3) is 4.10. The van der Waals surface area contributed by atoms with Crippen LogP contribution in [0, 0.1) is 13.8 Å². The zero-order chi connectivity index (χ0) is 15.9. The Balaban J connectivity index is 2.12. The number of aryl methyl sites for hydroxylation is 2. The molecule has 0 saturated heterocycles. The molecule has 116 valence electrons. The minimum atomic E-state index is -0.116. The largest absolute Gasteiger partial charge is 0.491 e. The van der Waals surface area contributed by atoms with Crippen molar-refractivity contribution in [2.45, 2.75) is 33.6 Å². The lowest BCUT2D eigenvalue weighted by atomic mass is 10.1. The van der Waals surface area contributed by atoms with Crippen LogP contribution in [0.5, 0.6) is 5.75 Å². The van der Waals surface area contributed by atoms with Gasteiger partial charge in [0.1, 0.15) is 5.75 Å². The number of carbonyl (C=O) groups excluding carboxylic acids is 1. The van der Waals surface area contributed by atoms with E-state index in [2.05, 4.69) is 12.2 Å². The van der Waals surface area contributed by atoms with Gasteiger partial charge in [-0.25, -0.2) is 0 Å². The molecule has 0 unspecified atom stereocenters. The van der Waals surface area contributed by atoms with Crippen LogP contribution in [0.2, 0.25) is 0 Å². The topological polar surface area (TPSA) is 38.3 Å². The van der Waals surface area contributed by atoms with Gasteiger partial charge in [-0.15, -0.1) is 0 Å². The summed E-state index contributed by atoms with van der Waals surface area (Å²) in [7, 11) is 0. The van der Waals surface area contributed by atoms with Crippen molar-refractivity contribution >= 4 is 11.6 Å². The van der Waals surface area contributed by atoms with Crippen molar-refractivity contribution in [1.82, 2.24) is 0 Å². The van der Waals surface area contributed by atoms with Crippen LogP contribution in [0.15, 0.2) is 42.5 Å². The summed E-state index contributed by atoms with van der Waals surface area (Å²) in [5.74, 6) is 0.600. The maximum absolute atomic E-state index is 12.4. The number of ether oxygens (including phenoxy) is 1. The van der Waals surface area contributed by atoms with Crippen LogP contribution in [-0.4, -0.2) is 12.5 Å². The molecule has 3 heteroatoms. The van der Waals surface area contributed by atoms with Gasteiger partial charge in [0.05, 0.1) is 12.3 Å². The van der Waals surface area contributed by atoms with Gasteiger partial charge in [-0.3, -0.25) is 4.79 Å². The molecule has 0 aromatic heterocycles. The summed E-state index contributed by atoms with van der Waals surface area (Å²) in [6, 6.07) is 13.3. The van der Waals surface area contributed by atoms with Gasteiger partial charge in [0, 0.05) is 5.56 Å². The molecule has 0 radical (unpaired) electrons. The second kappa shape index (κ2) is 7.64. The molecule has 0 saturated carbocycles. The quantitative estimate of drug-likeness (QED) is 0.782. The van der Waals surface area contributed by atoms with E-state index in [-0.39, 0.29) is 5.91 Å².